The summed E-state index contributed by atoms with van der Waals surface area (Å²) in [6.45, 7) is 0. The predicted molar refractivity (Wildman–Crippen MR) is 76.9 cm³/mol. The van der Waals surface area contributed by atoms with Gasteiger partial charge in [-0.3, -0.25) is 0 Å². The third-order valence-corrected chi connectivity index (χ3v) is 3.75. The van der Waals surface area contributed by atoms with E-state index in [1.54, 1.807) is 0 Å². The maximum Gasteiger partial charge on any atom is 0.0175 e. The maximum absolute atomic E-state index is 3.48. The van der Waals surface area contributed by atoms with Gasteiger partial charge in [0, 0.05) is 4.47 Å². The molecule has 0 nitrogen and oxygen atoms in total. The van der Waals surface area contributed by atoms with Crippen molar-refractivity contribution < 1.29 is 0 Å². The fourth-order valence-electron chi connectivity index (χ4n) is 2.35. The van der Waals surface area contributed by atoms with Crippen LogP contribution >= 0.6 is 15.9 Å². The summed E-state index contributed by atoms with van der Waals surface area (Å²) in [5.41, 5.74) is 5.48. The molecule has 0 N–H and O–H groups in total. The smallest absolute Gasteiger partial charge is 0.0175 e. The third-order valence-electron chi connectivity index (χ3n) is 3.22. The summed E-state index contributed by atoms with van der Waals surface area (Å²) in [6.07, 6.45) is 6.86. The number of aryl methyl sites for hydroxylation is 1. The van der Waals surface area contributed by atoms with Gasteiger partial charge in [-0.1, -0.05) is 58.4 Å². The first-order valence-corrected chi connectivity index (χ1v) is 6.68. The van der Waals surface area contributed by atoms with Crippen molar-refractivity contribution in [2.24, 2.45) is 0 Å². The van der Waals surface area contributed by atoms with Crippen LogP contribution < -0.4 is 0 Å². The summed E-state index contributed by atoms with van der Waals surface area (Å²) in [5.74, 6) is 0. The van der Waals surface area contributed by atoms with E-state index in [2.05, 4.69) is 70.5 Å². The summed E-state index contributed by atoms with van der Waals surface area (Å²) in [7, 11) is 0. The molecule has 1 aliphatic rings. The molecule has 84 valence electrons. The van der Waals surface area contributed by atoms with Crippen LogP contribution in [0.2, 0.25) is 0 Å². The van der Waals surface area contributed by atoms with Crippen LogP contribution in [0.15, 0.2) is 53.0 Å². The van der Waals surface area contributed by atoms with Crippen LogP contribution in [-0.4, -0.2) is 0 Å². The number of rotatable bonds is 1. The van der Waals surface area contributed by atoms with Gasteiger partial charge in [-0.2, -0.15) is 0 Å². The van der Waals surface area contributed by atoms with Crippen molar-refractivity contribution in [1.82, 2.24) is 0 Å². The lowest BCUT2D eigenvalue weighted by Gasteiger charge is -2.15. The highest BCUT2D eigenvalue weighted by molar-refractivity contribution is 9.10. The summed E-state index contributed by atoms with van der Waals surface area (Å²) < 4.78 is 1.13. The number of hydrogen-bond donors (Lipinski definition) is 0. The molecule has 0 radical (unpaired) electrons. The molecule has 1 aliphatic carbocycles. The number of fused-ring (bicyclic) bond motifs is 1. The fraction of sp³-hybridized carbons (Fsp3) is 0.125. The van der Waals surface area contributed by atoms with Gasteiger partial charge in [0.2, 0.25) is 0 Å². The second-order valence-electron chi connectivity index (χ2n) is 4.33. The topological polar surface area (TPSA) is 0 Å². The number of halogens is 1. The van der Waals surface area contributed by atoms with E-state index in [-0.39, 0.29) is 0 Å². The molecule has 3 rings (SSSR count). The van der Waals surface area contributed by atoms with Crippen molar-refractivity contribution in [3.63, 3.8) is 0 Å². The van der Waals surface area contributed by atoms with Crippen LogP contribution in [0.5, 0.6) is 0 Å². The summed E-state index contributed by atoms with van der Waals surface area (Å²) >= 11 is 3.48. The second kappa shape index (κ2) is 4.50. The summed E-state index contributed by atoms with van der Waals surface area (Å²) in [5, 5.41) is 0. The Kier molecular flexibility index (Phi) is 2.86. The Hall–Kier alpha value is -1.34. The largest absolute Gasteiger partial charge is 0.0836 e. The zero-order valence-corrected chi connectivity index (χ0v) is 11.1. The van der Waals surface area contributed by atoms with Gasteiger partial charge in [0.05, 0.1) is 0 Å². The lowest BCUT2D eigenvalue weighted by atomic mass is 9.90. The van der Waals surface area contributed by atoms with Crippen LogP contribution in [-0.2, 0) is 6.42 Å². The zero-order chi connectivity index (χ0) is 11.7. The van der Waals surface area contributed by atoms with Crippen molar-refractivity contribution in [2.45, 2.75) is 12.8 Å². The van der Waals surface area contributed by atoms with Gasteiger partial charge in [-0.05, 0) is 47.2 Å². The third kappa shape index (κ3) is 2.07. The molecule has 2 aromatic rings. The van der Waals surface area contributed by atoms with Gasteiger partial charge >= 0.3 is 0 Å². The van der Waals surface area contributed by atoms with E-state index in [4.69, 9.17) is 0 Å². The van der Waals surface area contributed by atoms with E-state index in [0.717, 1.165) is 17.3 Å². The molecule has 1 heteroatoms. The Bertz CT molecular complexity index is 565. The number of benzene rings is 2. The first-order valence-electron chi connectivity index (χ1n) is 5.89. The standard InChI is InChI=1S/C16H13Br/c17-14-10-8-13(9-11-14)16-7-3-5-12-4-1-2-6-15(12)16/h2-3,5-11H,1,4H2. The van der Waals surface area contributed by atoms with Crippen molar-refractivity contribution in [3.05, 3.63) is 64.1 Å². The van der Waals surface area contributed by atoms with Crippen LogP contribution in [0.25, 0.3) is 17.2 Å². The van der Waals surface area contributed by atoms with E-state index < -0.39 is 0 Å². The summed E-state index contributed by atoms with van der Waals surface area (Å²) in [6, 6.07) is 15.1. The molecule has 0 saturated carbocycles. The Morgan fingerprint density at radius 1 is 0.941 bits per heavy atom. The Labute approximate surface area is 110 Å². The highest BCUT2D eigenvalue weighted by Crippen LogP contribution is 2.31. The molecule has 0 aromatic heterocycles. The van der Waals surface area contributed by atoms with Crippen molar-refractivity contribution >= 4 is 22.0 Å². The maximum atomic E-state index is 3.48. The van der Waals surface area contributed by atoms with Crippen LogP contribution in [0.3, 0.4) is 0 Å². The molecule has 2 aromatic carbocycles. The SMILES string of the molecule is Brc1ccc(-c2cccc3c2C=CCC3)cc1. The molecular weight excluding hydrogens is 272 g/mol. The quantitative estimate of drug-likeness (QED) is 0.685. The van der Waals surface area contributed by atoms with Gasteiger partial charge in [-0.15, -0.1) is 0 Å². The summed E-state index contributed by atoms with van der Waals surface area (Å²) in [4.78, 5) is 0. The van der Waals surface area contributed by atoms with Gasteiger partial charge in [0.1, 0.15) is 0 Å². The predicted octanol–water partition coefficient (Wildman–Crippen LogP) is 5.08. The Morgan fingerprint density at radius 3 is 2.59 bits per heavy atom. The Balaban J connectivity index is 2.16. The van der Waals surface area contributed by atoms with Crippen LogP contribution in [0.1, 0.15) is 17.5 Å². The number of allylic oxidation sites excluding steroid dienone is 1. The average molecular weight is 285 g/mol. The lowest BCUT2D eigenvalue weighted by Crippen LogP contribution is -1.96. The van der Waals surface area contributed by atoms with Crippen molar-refractivity contribution in [3.8, 4) is 11.1 Å². The molecule has 0 heterocycles. The van der Waals surface area contributed by atoms with Crippen molar-refractivity contribution in [2.75, 3.05) is 0 Å². The molecule has 0 bridgehead atoms. The van der Waals surface area contributed by atoms with E-state index >= 15 is 0 Å². The monoisotopic (exact) mass is 284 g/mol. The molecule has 0 unspecified atom stereocenters. The van der Waals surface area contributed by atoms with Crippen molar-refractivity contribution in [1.29, 1.82) is 0 Å². The van der Waals surface area contributed by atoms with E-state index in [1.807, 2.05) is 0 Å². The first kappa shape index (κ1) is 10.8. The van der Waals surface area contributed by atoms with Crippen LogP contribution in [0.4, 0.5) is 0 Å². The zero-order valence-electron chi connectivity index (χ0n) is 9.49. The average Bonchev–Trinajstić information content (AvgIpc) is 2.39. The minimum atomic E-state index is 1.13. The highest BCUT2D eigenvalue weighted by Gasteiger charge is 2.09. The number of hydrogen-bond acceptors (Lipinski definition) is 0. The van der Waals surface area contributed by atoms with Gasteiger partial charge < -0.3 is 0 Å². The Morgan fingerprint density at radius 2 is 1.76 bits per heavy atom. The molecule has 0 amide bonds. The minimum absolute atomic E-state index is 1.13. The lowest BCUT2D eigenvalue weighted by molar-refractivity contribution is 0.986. The second-order valence-corrected chi connectivity index (χ2v) is 5.24. The first-order chi connectivity index (χ1) is 8.34. The van der Waals surface area contributed by atoms with Crippen LogP contribution in [0, 0.1) is 0 Å². The molecule has 17 heavy (non-hydrogen) atoms. The highest BCUT2D eigenvalue weighted by atomic mass is 79.9. The molecule has 0 saturated heterocycles. The molecule has 0 aliphatic heterocycles. The molecular formula is C16H13Br. The normalized spacial score (nSPS) is 13.5. The minimum Gasteiger partial charge on any atom is -0.0836 e. The molecule has 0 fully saturated rings. The van der Waals surface area contributed by atoms with E-state index in [9.17, 15) is 0 Å². The van der Waals surface area contributed by atoms with E-state index in [0.29, 0.717) is 0 Å². The van der Waals surface area contributed by atoms with E-state index in [1.165, 1.54) is 22.3 Å². The molecule has 0 spiro atoms. The molecule has 0 atom stereocenters. The van der Waals surface area contributed by atoms with Gasteiger partial charge in [0.15, 0.2) is 0 Å². The fourth-order valence-corrected chi connectivity index (χ4v) is 2.61. The van der Waals surface area contributed by atoms with Gasteiger partial charge in [-0.25, -0.2) is 0 Å². The van der Waals surface area contributed by atoms with Gasteiger partial charge in [0.25, 0.3) is 0 Å².